The van der Waals surface area contributed by atoms with Crippen molar-refractivity contribution in [3.05, 3.63) is 11.6 Å². The van der Waals surface area contributed by atoms with E-state index in [1.165, 1.54) is 6.92 Å². The molecule has 1 atom stereocenters. The number of carboxylic acid groups (broad SMARTS) is 1. The average molecular weight is 242 g/mol. The van der Waals surface area contributed by atoms with Crippen LogP contribution in [0.3, 0.4) is 0 Å². The van der Waals surface area contributed by atoms with Gasteiger partial charge in [-0.1, -0.05) is 6.08 Å². The van der Waals surface area contributed by atoms with Crippen LogP contribution in [-0.2, 0) is 14.3 Å². The van der Waals surface area contributed by atoms with Crippen molar-refractivity contribution >= 4 is 11.9 Å². The predicted molar refractivity (Wildman–Crippen MR) is 61.6 cm³/mol. The van der Waals surface area contributed by atoms with E-state index in [9.17, 15) is 9.59 Å². The number of nitrogens with zero attached hydrogens (tertiary/aromatic N) is 1. The summed E-state index contributed by atoms with van der Waals surface area (Å²) in [5.41, 5.74) is 0.284. The summed E-state index contributed by atoms with van der Waals surface area (Å²) in [5.74, 6) is -1.04. The van der Waals surface area contributed by atoms with Gasteiger partial charge in [0.2, 0.25) is 5.91 Å². The lowest BCUT2D eigenvalue weighted by atomic mass is 10.2. The summed E-state index contributed by atoms with van der Waals surface area (Å²) in [6, 6.07) is -0.341. The second-order valence-electron chi connectivity index (χ2n) is 3.89. The molecular formula is C11H18N2O4. The minimum Gasteiger partial charge on any atom is -0.478 e. The number of carboxylic acids is 1. The van der Waals surface area contributed by atoms with Gasteiger partial charge >= 0.3 is 5.97 Å². The minimum absolute atomic E-state index is 0.105. The van der Waals surface area contributed by atoms with E-state index in [1.807, 2.05) is 4.90 Å². The smallest absolute Gasteiger partial charge is 0.330 e. The third kappa shape index (κ3) is 3.83. The Morgan fingerprint density at radius 3 is 2.88 bits per heavy atom. The molecule has 96 valence electrons. The van der Waals surface area contributed by atoms with Crippen molar-refractivity contribution in [2.24, 2.45) is 0 Å². The molecule has 2 N–H and O–H groups in total. The highest BCUT2D eigenvalue weighted by molar-refractivity contribution is 5.85. The Morgan fingerprint density at radius 1 is 1.59 bits per heavy atom. The Hall–Kier alpha value is -1.40. The highest BCUT2D eigenvalue weighted by atomic mass is 16.5. The van der Waals surface area contributed by atoms with Crippen molar-refractivity contribution < 1.29 is 19.4 Å². The van der Waals surface area contributed by atoms with Gasteiger partial charge in [-0.3, -0.25) is 9.69 Å². The zero-order valence-corrected chi connectivity index (χ0v) is 10.1. The summed E-state index contributed by atoms with van der Waals surface area (Å²) < 4.78 is 5.25. The number of nitrogens with one attached hydrogen (secondary N) is 1. The second-order valence-corrected chi connectivity index (χ2v) is 3.89. The van der Waals surface area contributed by atoms with Gasteiger partial charge in [-0.2, -0.15) is 0 Å². The number of amides is 1. The number of morpholine rings is 1. The van der Waals surface area contributed by atoms with Crippen LogP contribution in [0.5, 0.6) is 0 Å². The molecule has 1 rings (SSSR count). The molecule has 0 aromatic carbocycles. The maximum atomic E-state index is 11.6. The molecule has 1 amide bonds. The maximum Gasteiger partial charge on any atom is 0.330 e. The molecule has 0 saturated carbocycles. The SMILES string of the molecule is CNC(=O)C1COCCN1C/C=C(/C)C(=O)O. The number of hydrogen-bond donors (Lipinski definition) is 2. The van der Waals surface area contributed by atoms with Crippen LogP contribution < -0.4 is 5.32 Å². The number of aliphatic carboxylic acids is 1. The Balaban J connectivity index is 2.63. The number of hydrogen-bond acceptors (Lipinski definition) is 4. The first-order chi connectivity index (χ1) is 8.06. The lowest BCUT2D eigenvalue weighted by molar-refractivity contribution is -0.132. The molecule has 1 aliphatic heterocycles. The van der Waals surface area contributed by atoms with E-state index in [0.29, 0.717) is 26.3 Å². The first-order valence-corrected chi connectivity index (χ1v) is 5.49. The van der Waals surface area contributed by atoms with Crippen molar-refractivity contribution in [1.82, 2.24) is 10.2 Å². The monoisotopic (exact) mass is 242 g/mol. The van der Waals surface area contributed by atoms with Gasteiger partial charge in [0.05, 0.1) is 13.2 Å². The third-order valence-electron chi connectivity index (χ3n) is 2.76. The Labute approximate surface area is 100 Å². The molecule has 1 fully saturated rings. The van der Waals surface area contributed by atoms with Gasteiger partial charge in [0, 0.05) is 25.7 Å². The summed E-state index contributed by atoms with van der Waals surface area (Å²) in [6.45, 7) is 3.52. The van der Waals surface area contributed by atoms with Crippen LogP contribution >= 0.6 is 0 Å². The summed E-state index contributed by atoms with van der Waals surface area (Å²) in [7, 11) is 1.58. The number of carbonyl (C=O) groups excluding carboxylic acids is 1. The van der Waals surface area contributed by atoms with E-state index in [-0.39, 0.29) is 17.5 Å². The van der Waals surface area contributed by atoms with E-state index in [2.05, 4.69) is 5.32 Å². The van der Waals surface area contributed by atoms with E-state index in [0.717, 1.165) is 0 Å². The van der Waals surface area contributed by atoms with Crippen LogP contribution in [0.15, 0.2) is 11.6 Å². The normalized spacial score (nSPS) is 22.2. The number of carbonyl (C=O) groups is 2. The van der Waals surface area contributed by atoms with Crippen LogP contribution in [0.2, 0.25) is 0 Å². The Morgan fingerprint density at radius 2 is 2.29 bits per heavy atom. The van der Waals surface area contributed by atoms with Gasteiger partial charge in [0.15, 0.2) is 0 Å². The summed E-state index contributed by atoms with van der Waals surface area (Å²) in [5, 5.41) is 11.3. The van der Waals surface area contributed by atoms with Crippen molar-refractivity contribution in [2.75, 3.05) is 33.4 Å². The first-order valence-electron chi connectivity index (χ1n) is 5.49. The molecule has 0 bridgehead atoms. The molecule has 17 heavy (non-hydrogen) atoms. The molecule has 6 nitrogen and oxygen atoms in total. The summed E-state index contributed by atoms with van der Waals surface area (Å²) >= 11 is 0. The van der Waals surface area contributed by atoms with Crippen LogP contribution in [0.25, 0.3) is 0 Å². The minimum atomic E-state index is -0.935. The fourth-order valence-electron chi connectivity index (χ4n) is 1.61. The van der Waals surface area contributed by atoms with Gasteiger partial charge < -0.3 is 15.2 Å². The lowest BCUT2D eigenvalue weighted by Gasteiger charge is -2.33. The van der Waals surface area contributed by atoms with Gasteiger partial charge in [-0.05, 0) is 6.92 Å². The van der Waals surface area contributed by atoms with Crippen molar-refractivity contribution in [2.45, 2.75) is 13.0 Å². The molecule has 0 radical (unpaired) electrons. The van der Waals surface area contributed by atoms with Crippen LogP contribution in [0.1, 0.15) is 6.92 Å². The average Bonchev–Trinajstić information content (AvgIpc) is 2.35. The first kappa shape index (κ1) is 13.7. The lowest BCUT2D eigenvalue weighted by Crippen LogP contribution is -2.53. The molecule has 0 aromatic heterocycles. The van der Waals surface area contributed by atoms with Gasteiger partial charge in [-0.15, -0.1) is 0 Å². The fourth-order valence-corrected chi connectivity index (χ4v) is 1.61. The third-order valence-corrected chi connectivity index (χ3v) is 2.76. The van der Waals surface area contributed by atoms with Crippen LogP contribution in [-0.4, -0.2) is 61.3 Å². The van der Waals surface area contributed by atoms with Crippen LogP contribution in [0, 0.1) is 0 Å². The van der Waals surface area contributed by atoms with E-state index in [1.54, 1.807) is 13.1 Å². The fraction of sp³-hybridized carbons (Fsp3) is 0.636. The Kier molecular flexibility index (Phi) is 5.11. The summed E-state index contributed by atoms with van der Waals surface area (Å²) in [6.07, 6.45) is 1.61. The number of ether oxygens (including phenoxy) is 1. The van der Waals surface area contributed by atoms with Crippen molar-refractivity contribution in [3.8, 4) is 0 Å². The molecule has 0 aromatic rings. The van der Waals surface area contributed by atoms with Crippen molar-refractivity contribution in [1.29, 1.82) is 0 Å². The second kappa shape index (κ2) is 6.36. The molecule has 1 saturated heterocycles. The van der Waals surface area contributed by atoms with E-state index < -0.39 is 5.97 Å². The molecule has 0 aliphatic carbocycles. The number of rotatable bonds is 4. The standard InChI is InChI=1S/C11H18N2O4/c1-8(11(15)16)3-4-13-5-6-17-7-9(13)10(14)12-2/h3,9H,4-7H2,1-2H3,(H,12,14)(H,15,16)/b8-3-. The highest BCUT2D eigenvalue weighted by Gasteiger charge is 2.27. The zero-order valence-electron chi connectivity index (χ0n) is 10.1. The van der Waals surface area contributed by atoms with Crippen molar-refractivity contribution in [3.63, 3.8) is 0 Å². The van der Waals surface area contributed by atoms with Gasteiger partial charge in [-0.25, -0.2) is 4.79 Å². The largest absolute Gasteiger partial charge is 0.478 e. The topological polar surface area (TPSA) is 78.9 Å². The van der Waals surface area contributed by atoms with Gasteiger partial charge in [0.25, 0.3) is 0 Å². The predicted octanol–water partition coefficient (Wildman–Crippen LogP) is -0.536. The quantitative estimate of drug-likeness (QED) is 0.648. The zero-order chi connectivity index (χ0) is 12.8. The van der Waals surface area contributed by atoms with E-state index >= 15 is 0 Å². The maximum absolute atomic E-state index is 11.6. The molecule has 1 unspecified atom stereocenters. The molecule has 1 aliphatic rings. The van der Waals surface area contributed by atoms with Gasteiger partial charge in [0.1, 0.15) is 6.04 Å². The molecule has 0 spiro atoms. The molecule has 1 heterocycles. The number of likely N-dealkylation sites (N-methyl/N-ethyl adjacent to an activating group) is 1. The molecule has 6 heteroatoms. The molecular weight excluding hydrogens is 224 g/mol. The summed E-state index contributed by atoms with van der Waals surface area (Å²) in [4.78, 5) is 24.2. The Bertz CT molecular complexity index is 327. The van der Waals surface area contributed by atoms with Crippen LogP contribution in [0.4, 0.5) is 0 Å². The highest BCUT2D eigenvalue weighted by Crippen LogP contribution is 2.08. The van der Waals surface area contributed by atoms with E-state index in [4.69, 9.17) is 9.84 Å².